The van der Waals surface area contributed by atoms with Crippen molar-refractivity contribution in [2.75, 3.05) is 0 Å². The van der Waals surface area contributed by atoms with Crippen LogP contribution in [0.15, 0.2) is 42.5 Å². The van der Waals surface area contributed by atoms with E-state index in [4.69, 9.17) is 0 Å². The molecule has 0 amide bonds. The van der Waals surface area contributed by atoms with Crippen molar-refractivity contribution in [1.82, 2.24) is 0 Å². The largest absolute Gasteiger partial charge is 0.390 e. The highest BCUT2D eigenvalue weighted by Gasteiger charge is 2.31. The molecule has 1 N–H and O–H groups in total. The van der Waals surface area contributed by atoms with Crippen molar-refractivity contribution in [3.05, 3.63) is 48.0 Å². The van der Waals surface area contributed by atoms with Gasteiger partial charge in [-0.25, -0.2) is 0 Å². The fourth-order valence-corrected chi connectivity index (χ4v) is 2.87. The lowest BCUT2D eigenvalue weighted by Gasteiger charge is -2.24. The number of aliphatic hydroxyl groups is 1. The van der Waals surface area contributed by atoms with Gasteiger partial charge in [0, 0.05) is 6.42 Å². The Morgan fingerprint density at radius 2 is 1.83 bits per heavy atom. The van der Waals surface area contributed by atoms with Gasteiger partial charge in [-0.15, -0.1) is 0 Å². The van der Waals surface area contributed by atoms with Crippen LogP contribution in [0.5, 0.6) is 0 Å². The van der Waals surface area contributed by atoms with Crippen molar-refractivity contribution in [3.63, 3.8) is 0 Å². The molecule has 0 spiro atoms. The topological polar surface area (TPSA) is 20.2 Å². The Morgan fingerprint density at radius 1 is 1.11 bits per heavy atom. The number of hydrogen-bond donors (Lipinski definition) is 1. The van der Waals surface area contributed by atoms with E-state index < -0.39 is 5.60 Å². The Morgan fingerprint density at radius 3 is 2.61 bits per heavy atom. The van der Waals surface area contributed by atoms with Crippen LogP contribution in [0.25, 0.3) is 10.8 Å². The maximum Gasteiger partial charge on any atom is 0.0662 e. The summed E-state index contributed by atoms with van der Waals surface area (Å²) in [6, 6.07) is 14.8. The summed E-state index contributed by atoms with van der Waals surface area (Å²) in [5.41, 5.74) is 0.699. The van der Waals surface area contributed by atoms with E-state index in [2.05, 4.69) is 42.5 Å². The first-order valence-electron chi connectivity index (χ1n) is 6.83. The van der Waals surface area contributed by atoms with Gasteiger partial charge < -0.3 is 5.11 Å². The molecule has 18 heavy (non-hydrogen) atoms. The first-order chi connectivity index (χ1) is 8.64. The minimum atomic E-state index is -0.564. The molecular weight excluding hydrogens is 220 g/mol. The zero-order valence-corrected chi connectivity index (χ0v) is 10.9. The normalized spacial score (nSPS) is 18.8. The summed E-state index contributed by atoms with van der Waals surface area (Å²) >= 11 is 0. The standard InChI is InChI=1S/C17H20O/c1-17(18,11-13-9-10-13)12-15-7-4-6-14-5-2-3-8-16(14)15/h2-8,13,18H,9-12H2,1H3. The van der Waals surface area contributed by atoms with E-state index in [9.17, 15) is 5.11 Å². The van der Waals surface area contributed by atoms with Crippen LogP contribution in [0.3, 0.4) is 0 Å². The molecule has 1 aliphatic rings. The molecule has 0 aliphatic heterocycles. The Hall–Kier alpha value is -1.34. The van der Waals surface area contributed by atoms with Crippen molar-refractivity contribution in [2.24, 2.45) is 5.92 Å². The summed E-state index contributed by atoms with van der Waals surface area (Å²) in [5, 5.41) is 13.1. The first-order valence-corrected chi connectivity index (χ1v) is 6.83. The van der Waals surface area contributed by atoms with E-state index in [0.717, 1.165) is 18.8 Å². The van der Waals surface area contributed by atoms with Gasteiger partial charge in [-0.2, -0.15) is 0 Å². The smallest absolute Gasteiger partial charge is 0.0662 e. The molecule has 94 valence electrons. The fourth-order valence-electron chi connectivity index (χ4n) is 2.87. The third-order valence-electron chi connectivity index (χ3n) is 3.88. The van der Waals surface area contributed by atoms with Gasteiger partial charge >= 0.3 is 0 Å². The van der Waals surface area contributed by atoms with Gasteiger partial charge in [0.05, 0.1) is 5.60 Å². The minimum Gasteiger partial charge on any atom is -0.390 e. The molecule has 0 heterocycles. The van der Waals surface area contributed by atoms with Crippen LogP contribution in [0.4, 0.5) is 0 Å². The second kappa shape index (κ2) is 4.40. The van der Waals surface area contributed by atoms with Gasteiger partial charge in [0.15, 0.2) is 0 Å². The highest BCUT2D eigenvalue weighted by atomic mass is 16.3. The lowest BCUT2D eigenvalue weighted by molar-refractivity contribution is 0.0458. The van der Waals surface area contributed by atoms with Gasteiger partial charge in [0.25, 0.3) is 0 Å². The summed E-state index contributed by atoms with van der Waals surface area (Å²) < 4.78 is 0. The van der Waals surface area contributed by atoms with Crippen molar-refractivity contribution in [2.45, 2.75) is 38.2 Å². The molecule has 1 heteroatoms. The molecule has 1 atom stereocenters. The highest BCUT2D eigenvalue weighted by molar-refractivity contribution is 5.85. The van der Waals surface area contributed by atoms with Crippen molar-refractivity contribution < 1.29 is 5.11 Å². The minimum absolute atomic E-state index is 0.564. The molecule has 1 fully saturated rings. The molecule has 1 aliphatic carbocycles. The Kier molecular flexibility index (Phi) is 2.87. The molecule has 2 aromatic rings. The summed E-state index contributed by atoms with van der Waals surface area (Å²) in [7, 11) is 0. The van der Waals surface area contributed by atoms with Gasteiger partial charge in [-0.1, -0.05) is 55.3 Å². The van der Waals surface area contributed by atoms with E-state index in [1.807, 2.05) is 6.92 Å². The van der Waals surface area contributed by atoms with E-state index in [1.165, 1.54) is 29.2 Å². The van der Waals surface area contributed by atoms with E-state index in [1.54, 1.807) is 0 Å². The van der Waals surface area contributed by atoms with Crippen LogP contribution in [0.2, 0.25) is 0 Å². The molecular formula is C17H20O. The number of benzene rings is 2. The van der Waals surface area contributed by atoms with Crippen LogP contribution >= 0.6 is 0 Å². The second-order valence-electron chi connectivity index (χ2n) is 5.96. The average Bonchev–Trinajstić information content (AvgIpc) is 3.12. The highest BCUT2D eigenvalue weighted by Crippen LogP contribution is 2.38. The van der Waals surface area contributed by atoms with Gasteiger partial charge in [0.1, 0.15) is 0 Å². The quantitative estimate of drug-likeness (QED) is 0.858. The van der Waals surface area contributed by atoms with Crippen LogP contribution in [0.1, 0.15) is 31.7 Å². The van der Waals surface area contributed by atoms with Crippen LogP contribution < -0.4 is 0 Å². The first kappa shape index (κ1) is 11.7. The SMILES string of the molecule is CC(O)(Cc1cccc2ccccc12)CC1CC1. The molecule has 2 aromatic carbocycles. The molecule has 0 radical (unpaired) electrons. The summed E-state index contributed by atoms with van der Waals surface area (Å²) in [6.45, 7) is 1.98. The Labute approximate surface area is 108 Å². The maximum atomic E-state index is 10.5. The summed E-state index contributed by atoms with van der Waals surface area (Å²) in [4.78, 5) is 0. The van der Waals surface area contributed by atoms with E-state index in [0.29, 0.717) is 0 Å². The zero-order chi connectivity index (χ0) is 12.6. The molecule has 1 saturated carbocycles. The lowest BCUT2D eigenvalue weighted by Crippen LogP contribution is -2.27. The molecule has 1 nitrogen and oxygen atoms in total. The zero-order valence-electron chi connectivity index (χ0n) is 10.9. The van der Waals surface area contributed by atoms with E-state index >= 15 is 0 Å². The monoisotopic (exact) mass is 240 g/mol. The number of hydrogen-bond acceptors (Lipinski definition) is 1. The second-order valence-corrected chi connectivity index (χ2v) is 5.96. The van der Waals surface area contributed by atoms with Gasteiger partial charge in [-0.05, 0) is 35.6 Å². The van der Waals surface area contributed by atoms with Crippen molar-refractivity contribution >= 4 is 10.8 Å². The van der Waals surface area contributed by atoms with Gasteiger partial charge in [-0.3, -0.25) is 0 Å². The van der Waals surface area contributed by atoms with Crippen molar-refractivity contribution in [1.29, 1.82) is 0 Å². The molecule has 0 bridgehead atoms. The van der Waals surface area contributed by atoms with Crippen LogP contribution in [-0.4, -0.2) is 10.7 Å². The Balaban J connectivity index is 1.89. The number of rotatable bonds is 4. The van der Waals surface area contributed by atoms with Crippen molar-refractivity contribution in [3.8, 4) is 0 Å². The lowest BCUT2D eigenvalue weighted by atomic mass is 9.89. The van der Waals surface area contributed by atoms with Crippen LogP contribution in [0, 0.1) is 5.92 Å². The molecule has 1 unspecified atom stereocenters. The maximum absolute atomic E-state index is 10.5. The van der Waals surface area contributed by atoms with E-state index in [-0.39, 0.29) is 0 Å². The molecule has 0 aromatic heterocycles. The summed E-state index contributed by atoms with van der Waals surface area (Å²) in [5.74, 6) is 0.759. The third kappa shape index (κ3) is 2.56. The number of fused-ring (bicyclic) bond motifs is 1. The van der Waals surface area contributed by atoms with Gasteiger partial charge in [0.2, 0.25) is 0 Å². The fraction of sp³-hybridized carbons (Fsp3) is 0.412. The predicted octanol–water partition coefficient (Wildman–Crippen LogP) is 3.93. The molecule has 3 rings (SSSR count). The summed E-state index contributed by atoms with van der Waals surface area (Å²) in [6.07, 6.45) is 4.29. The average molecular weight is 240 g/mol. The Bertz CT molecular complexity index is 547. The third-order valence-corrected chi connectivity index (χ3v) is 3.88. The van der Waals surface area contributed by atoms with Crippen LogP contribution in [-0.2, 0) is 6.42 Å². The predicted molar refractivity (Wildman–Crippen MR) is 75.6 cm³/mol. The molecule has 0 saturated heterocycles.